The number of rotatable bonds is 4. The van der Waals surface area contributed by atoms with Gasteiger partial charge in [0.2, 0.25) is 5.91 Å². The molecule has 2 N–H and O–H groups in total. The molecule has 0 aromatic carbocycles. The van der Waals surface area contributed by atoms with Crippen LogP contribution in [0.4, 0.5) is 11.5 Å². The predicted octanol–water partition coefficient (Wildman–Crippen LogP) is 2.55. The summed E-state index contributed by atoms with van der Waals surface area (Å²) in [6.07, 6.45) is 3.67. The van der Waals surface area contributed by atoms with Crippen molar-refractivity contribution in [3.8, 4) is 0 Å². The Labute approximate surface area is 143 Å². The number of nitrogens with one attached hydrogen (secondary N) is 2. The summed E-state index contributed by atoms with van der Waals surface area (Å²) in [5, 5.41) is 6.57. The van der Waals surface area contributed by atoms with Gasteiger partial charge >= 0.3 is 0 Å². The maximum absolute atomic E-state index is 12.0. The van der Waals surface area contributed by atoms with E-state index in [-0.39, 0.29) is 11.3 Å². The van der Waals surface area contributed by atoms with E-state index < -0.39 is 0 Å². The second-order valence-corrected chi connectivity index (χ2v) is 7.39. The molecule has 1 atom stereocenters. The summed E-state index contributed by atoms with van der Waals surface area (Å²) in [5.41, 5.74) is 0.405. The molecule has 0 spiro atoms. The topological polar surface area (TPSA) is 70.2 Å². The minimum Gasteiger partial charge on any atom is -0.383 e. The Morgan fingerprint density at radius 2 is 2.17 bits per heavy atom. The molecular formula is C16H26ClN5O. The van der Waals surface area contributed by atoms with Crippen molar-refractivity contribution < 1.29 is 4.79 Å². The van der Waals surface area contributed by atoms with Gasteiger partial charge in [0, 0.05) is 32.1 Å². The second-order valence-electron chi connectivity index (χ2n) is 7.03. The van der Waals surface area contributed by atoms with Gasteiger partial charge in [-0.05, 0) is 18.8 Å². The fraction of sp³-hybridized carbons (Fsp3) is 0.688. The summed E-state index contributed by atoms with van der Waals surface area (Å²) in [7, 11) is 1.82. The fourth-order valence-electron chi connectivity index (χ4n) is 2.74. The molecule has 1 unspecified atom stereocenters. The number of hydrogen-bond donors (Lipinski definition) is 2. The highest BCUT2D eigenvalue weighted by atomic mass is 35.5. The van der Waals surface area contributed by atoms with Crippen molar-refractivity contribution in [3.63, 3.8) is 0 Å². The van der Waals surface area contributed by atoms with Gasteiger partial charge in [-0.15, -0.1) is 0 Å². The number of carbonyl (C=O) groups excluding carboxylic acids is 1. The zero-order valence-corrected chi connectivity index (χ0v) is 15.1. The summed E-state index contributed by atoms with van der Waals surface area (Å²) >= 11 is 6.14. The molecule has 2 rings (SSSR count). The molecule has 1 amide bonds. The normalized spacial score (nSPS) is 18.7. The van der Waals surface area contributed by atoms with E-state index in [1.165, 1.54) is 6.33 Å². The van der Waals surface area contributed by atoms with Gasteiger partial charge in [-0.3, -0.25) is 4.79 Å². The SMILES string of the molecule is CNc1c(Cl)ncnc1N1CCCC(CNC(=O)C(C)(C)C)C1. The van der Waals surface area contributed by atoms with Gasteiger partial charge in [0.25, 0.3) is 0 Å². The molecule has 0 saturated carbocycles. The molecule has 1 aromatic rings. The lowest BCUT2D eigenvalue weighted by Gasteiger charge is -2.35. The van der Waals surface area contributed by atoms with Crippen LogP contribution in [0.2, 0.25) is 5.15 Å². The molecule has 1 aliphatic heterocycles. The highest BCUT2D eigenvalue weighted by Crippen LogP contribution is 2.31. The van der Waals surface area contributed by atoms with Gasteiger partial charge in [0.1, 0.15) is 12.0 Å². The van der Waals surface area contributed by atoms with Gasteiger partial charge in [0.05, 0.1) is 0 Å². The largest absolute Gasteiger partial charge is 0.383 e. The molecule has 23 heavy (non-hydrogen) atoms. The van der Waals surface area contributed by atoms with Crippen molar-refractivity contribution in [2.75, 3.05) is 36.9 Å². The Bertz CT molecular complexity index is 558. The van der Waals surface area contributed by atoms with Crippen LogP contribution in [0.25, 0.3) is 0 Å². The average Bonchev–Trinajstić information content (AvgIpc) is 2.51. The van der Waals surface area contributed by atoms with Gasteiger partial charge in [0.15, 0.2) is 11.0 Å². The Morgan fingerprint density at radius 1 is 1.43 bits per heavy atom. The van der Waals surface area contributed by atoms with Crippen LogP contribution in [0.3, 0.4) is 0 Å². The monoisotopic (exact) mass is 339 g/mol. The molecule has 128 valence electrons. The van der Waals surface area contributed by atoms with Crippen LogP contribution in [0.15, 0.2) is 6.33 Å². The first-order valence-electron chi connectivity index (χ1n) is 8.04. The van der Waals surface area contributed by atoms with E-state index in [0.717, 1.165) is 37.4 Å². The lowest BCUT2D eigenvalue weighted by Crippen LogP contribution is -2.43. The first-order chi connectivity index (χ1) is 10.8. The number of aromatic nitrogens is 2. The molecule has 1 aromatic heterocycles. The number of halogens is 1. The Morgan fingerprint density at radius 3 is 2.83 bits per heavy atom. The van der Waals surface area contributed by atoms with Crippen LogP contribution < -0.4 is 15.5 Å². The van der Waals surface area contributed by atoms with Crippen molar-refractivity contribution in [2.45, 2.75) is 33.6 Å². The summed E-state index contributed by atoms with van der Waals surface area (Å²) in [4.78, 5) is 22.7. The van der Waals surface area contributed by atoms with Gasteiger partial charge in [-0.1, -0.05) is 32.4 Å². The van der Waals surface area contributed by atoms with Crippen molar-refractivity contribution in [1.29, 1.82) is 0 Å². The highest BCUT2D eigenvalue weighted by Gasteiger charge is 2.26. The summed E-state index contributed by atoms with van der Waals surface area (Å²) < 4.78 is 0. The fourth-order valence-corrected chi connectivity index (χ4v) is 2.96. The maximum atomic E-state index is 12.0. The Balaban J connectivity index is 2.01. The number of piperidine rings is 1. The number of amides is 1. The molecule has 1 aliphatic rings. The molecule has 0 radical (unpaired) electrons. The first kappa shape index (κ1) is 17.8. The zero-order valence-electron chi connectivity index (χ0n) is 14.3. The number of anilines is 2. The summed E-state index contributed by atoms with van der Waals surface area (Å²) in [6, 6.07) is 0. The summed E-state index contributed by atoms with van der Waals surface area (Å²) in [6.45, 7) is 8.27. The Hall–Kier alpha value is -1.56. The third-order valence-corrected chi connectivity index (χ3v) is 4.37. The maximum Gasteiger partial charge on any atom is 0.225 e. The minimum absolute atomic E-state index is 0.0932. The zero-order chi connectivity index (χ0) is 17.0. The van der Waals surface area contributed by atoms with Crippen molar-refractivity contribution >= 4 is 29.0 Å². The lowest BCUT2D eigenvalue weighted by atomic mass is 9.94. The van der Waals surface area contributed by atoms with Gasteiger partial charge < -0.3 is 15.5 Å². The van der Waals surface area contributed by atoms with Crippen molar-refractivity contribution in [3.05, 3.63) is 11.5 Å². The molecule has 0 aliphatic carbocycles. The van der Waals surface area contributed by atoms with Crippen molar-refractivity contribution in [1.82, 2.24) is 15.3 Å². The van der Waals surface area contributed by atoms with Crippen LogP contribution in [-0.2, 0) is 4.79 Å². The minimum atomic E-state index is -0.353. The number of hydrogen-bond acceptors (Lipinski definition) is 5. The van der Waals surface area contributed by atoms with E-state index in [1.807, 2.05) is 27.8 Å². The van der Waals surface area contributed by atoms with Gasteiger partial charge in [-0.25, -0.2) is 9.97 Å². The molecule has 1 fully saturated rings. The van der Waals surface area contributed by atoms with E-state index in [4.69, 9.17) is 11.6 Å². The smallest absolute Gasteiger partial charge is 0.225 e. The van der Waals surface area contributed by atoms with Crippen LogP contribution >= 0.6 is 11.6 Å². The van der Waals surface area contributed by atoms with Crippen LogP contribution in [0.1, 0.15) is 33.6 Å². The Kier molecular flexibility index (Phi) is 5.68. The lowest BCUT2D eigenvalue weighted by molar-refractivity contribution is -0.128. The highest BCUT2D eigenvalue weighted by molar-refractivity contribution is 6.32. The third kappa shape index (κ3) is 4.47. The van der Waals surface area contributed by atoms with Crippen LogP contribution in [-0.4, -0.2) is 42.6 Å². The quantitative estimate of drug-likeness (QED) is 0.825. The van der Waals surface area contributed by atoms with E-state index in [2.05, 4.69) is 25.5 Å². The van der Waals surface area contributed by atoms with E-state index >= 15 is 0 Å². The third-order valence-electron chi connectivity index (χ3n) is 4.08. The standard InChI is InChI=1S/C16H26ClN5O/c1-16(2,3)15(23)19-8-11-6-5-7-22(9-11)14-12(18-4)13(17)20-10-21-14/h10-11,18H,5-9H2,1-4H3,(H,19,23). The molecular weight excluding hydrogens is 314 g/mol. The van der Waals surface area contributed by atoms with E-state index in [9.17, 15) is 4.79 Å². The average molecular weight is 340 g/mol. The number of carbonyl (C=O) groups is 1. The molecule has 7 heteroatoms. The van der Waals surface area contributed by atoms with E-state index in [1.54, 1.807) is 0 Å². The molecule has 1 saturated heterocycles. The molecule has 6 nitrogen and oxygen atoms in total. The van der Waals surface area contributed by atoms with Crippen LogP contribution in [0.5, 0.6) is 0 Å². The second kappa shape index (κ2) is 7.34. The molecule has 2 heterocycles. The molecule has 0 bridgehead atoms. The first-order valence-corrected chi connectivity index (χ1v) is 8.42. The van der Waals surface area contributed by atoms with Crippen molar-refractivity contribution in [2.24, 2.45) is 11.3 Å². The van der Waals surface area contributed by atoms with Gasteiger partial charge in [-0.2, -0.15) is 0 Å². The summed E-state index contributed by atoms with van der Waals surface area (Å²) in [5.74, 6) is 1.34. The van der Waals surface area contributed by atoms with Crippen LogP contribution in [0, 0.1) is 11.3 Å². The van der Waals surface area contributed by atoms with E-state index in [0.29, 0.717) is 17.6 Å². The number of nitrogens with zero attached hydrogens (tertiary/aromatic N) is 3. The predicted molar refractivity (Wildman–Crippen MR) is 94.0 cm³/mol.